The highest BCUT2D eigenvalue weighted by Crippen LogP contribution is 2.59. The predicted molar refractivity (Wildman–Crippen MR) is 99.6 cm³/mol. The standard InChI is InChI=1S/C21H19F5N2O3/c1-9-7-14(29)12(8-27)17(28-9)19-15(10(2)20(3,31-19)21(24,25)26)11-5-6-13(22)16(23)18(11)30-4/h5-7,10,15,19H,1-4H3,(H,28,29)/t10-,15-,19+,20+/m0/s1. The Morgan fingerprint density at radius 3 is 2.48 bits per heavy atom. The molecule has 4 atom stereocenters. The van der Waals surface area contributed by atoms with Gasteiger partial charge in [-0.25, -0.2) is 4.39 Å². The molecular formula is C21H19F5N2O3. The summed E-state index contributed by atoms with van der Waals surface area (Å²) in [4.78, 5) is 15.1. The van der Waals surface area contributed by atoms with Crippen molar-refractivity contribution in [1.82, 2.24) is 4.98 Å². The molecule has 0 aliphatic carbocycles. The van der Waals surface area contributed by atoms with E-state index in [0.717, 1.165) is 32.2 Å². The summed E-state index contributed by atoms with van der Waals surface area (Å²) < 4.78 is 80.7. The molecule has 5 nitrogen and oxygen atoms in total. The van der Waals surface area contributed by atoms with Crippen LogP contribution in [0.4, 0.5) is 22.0 Å². The highest BCUT2D eigenvalue weighted by molar-refractivity contribution is 5.44. The van der Waals surface area contributed by atoms with E-state index in [1.807, 2.05) is 0 Å². The second kappa shape index (κ2) is 7.64. The van der Waals surface area contributed by atoms with Crippen LogP contribution in [0.25, 0.3) is 0 Å². The number of pyridine rings is 1. The summed E-state index contributed by atoms with van der Waals surface area (Å²) in [6, 6.07) is 4.74. The van der Waals surface area contributed by atoms with Gasteiger partial charge in [-0.05, 0) is 19.9 Å². The van der Waals surface area contributed by atoms with Crippen LogP contribution >= 0.6 is 0 Å². The molecule has 2 aromatic rings. The van der Waals surface area contributed by atoms with E-state index < -0.39 is 58.1 Å². The highest BCUT2D eigenvalue weighted by Gasteiger charge is 2.65. The molecule has 1 aromatic heterocycles. The number of aromatic amines is 1. The van der Waals surface area contributed by atoms with Gasteiger partial charge in [-0.1, -0.05) is 13.0 Å². The monoisotopic (exact) mass is 442 g/mol. The van der Waals surface area contributed by atoms with Crippen molar-refractivity contribution in [2.24, 2.45) is 5.92 Å². The molecule has 0 unspecified atom stereocenters. The number of hydrogen-bond acceptors (Lipinski definition) is 4. The molecule has 2 heterocycles. The predicted octanol–water partition coefficient (Wildman–Crippen LogP) is 4.65. The first kappa shape index (κ1) is 22.7. The Morgan fingerprint density at radius 2 is 1.94 bits per heavy atom. The average molecular weight is 442 g/mol. The smallest absolute Gasteiger partial charge is 0.417 e. The molecule has 10 heteroatoms. The van der Waals surface area contributed by atoms with Crippen LogP contribution in [0.3, 0.4) is 0 Å². The maximum atomic E-state index is 14.4. The van der Waals surface area contributed by atoms with Gasteiger partial charge >= 0.3 is 6.18 Å². The van der Waals surface area contributed by atoms with Gasteiger partial charge in [0.15, 0.2) is 22.6 Å². The van der Waals surface area contributed by atoms with Gasteiger partial charge in [-0.3, -0.25) is 4.79 Å². The highest BCUT2D eigenvalue weighted by atomic mass is 19.4. The number of alkyl halides is 3. The second-order valence-electron chi connectivity index (χ2n) is 7.66. The number of rotatable bonds is 3. The summed E-state index contributed by atoms with van der Waals surface area (Å²) in [6.07, 6.45) is -6.31. The summed E-state index contributed by atoms with van der Waals surface area (Å²) >= 11 is 0. The quantitative estimate of drug-likeness (QED) is 0.702. The first-order chi connectivity index (χ1) is 14.4. The summed E-state index contributed by atoms with van der Waals surface area (Å²) in [7, 11) is 1.06. The van der Waals surface area contributed by atoms with Gasteiger partial charge in [0, 0.05) is 29.2 Å². The lowest BCUT2D eigenvalue weighted by Gasteiger charge is -2.32. The van der Waals surface area contributed by atoms with E-state index in [9.17, 15) is 32.0 Å². The average Bonchev–Trinajstić information content (AvgIpc) is 2.95. The topological polar surface area (TPSA) is 75.1 Å². The normalized spacial score (nSPS) is 26.0. The fourth-order valence-corrected chi connectivity index (χ4v) is 4.10. The third-order valence-electron chi connectivity index (χ3n) is 5.90. The Bertz CT molecular complexity index is 1120. The van der Waals surface area contributed by atoms with Crippen LogP contribution in [0, 0.1) is 35.8 Å². The van der Waals surface area contributed by atoms with Gasteiger partial charge in [0.2, 0.25) is 5.82 Å². The number of methoxy groups -OCH3 is 1. The van der Waals surface area contributed by atoms with E-state index in [1.165, 1.54) is 13.8 Å². The molecule has 166 valence electrons. The zero-order chi connectivity index (χ0) is 23.3. The van der Waals surface area contributed by atoms with Crippen LogP contribution in [0.1, 0.15) is 48.4 Å². The lowest BCUT2D eigenvalue weighted by atomic mass is 9.76. The Balaban J connectivity index is 2.34. The number of nitrogens with one attached hydrogen (secondary N) is 1. The Kier molecular flexibility index (Phi) is 5.61. The minimum Gasteiger partial charge on any atom is -0.493 e. The van der Waals surface area contributed by atoms with E-state index in [1.54, 1.807) is 6.07 Å². The fraction of sp³-hybridized carbons (Fsp3) is 0.429. The number of halogens is 5. The number of aromatic nitrogens is 1. The van der Waals surface area contributed by atoms with Crippen molar-refractivity contribution in [3.8, 4) is 11.8 Å². The van der Waals surface area contributed by atoms with E-state index in [0.29, 0.717) is 5.69 Å². The minimum atomic E-state index is -4.83. The molecule has 1 aromatic carbocycles. The van der Waals surface area contributed by atoms with Crippen LogP contribution < -0.4 is 10.2 Å². The first-order valence-electron chi connectivity index (χ1n) is 9.27. The number of benzene rings is 1. The van der Waals surface area contributed by atoms with Crippen molar-refractivity contribution in [2.75, 3.05) is 7.11 Å². The Labute approximate surface area is 174 Å². The van der Waals surface area contributed by atoms with Gasteiger partial charge < -0.3 is 14.5 Å². The van der Waals surface area contributed by atoms with Gasteiger partial charge in [-0.2, -0.15) is 22.8 Å². The molecule has 31 heavy (non-hydrogen) atoms. The number of ether oxygens (including phenoxy) is 2. The zero-order valence-electron chi connectivity index (χ0n) is 17.0. The fourth-order valence-electron chi connectivity index (χ4n) is 4.10. The zero-order valence-corrected chi connectivity index (χ0v) is 17.0. The molecule has 3 rings (SSSR count). The second-order valence-corrected chi connectivity index (χ2v) is 7.66. The Morgan fingerprint density at radius 1 is 1.29 bits per heavy atom. The van der Waals surface area contributed by atoms with Crippen molar-refractivity contribution in [2.45, 2.75) is 44.6 Å². The molecule has 0 saturated carbocycles. The number of nitrogens with zero attached hydrogens (tertiary/aromatic N) is 1. The SMILES string of the molecule is COc1c([C@H]2[C@H](c3[nH]c(C)cc(=O)c3C#N)O[C@@](C)(C(F)(F)F)[C@H]2C)ccc(F)c1F. The van der Waals surface area contributed by atoms with Crippen LogP contribution in [0.5, 0.6) is 5.75 Å². The van der Waals surface area contributed by atoms with Crippen molar-refractivity contribution in [1.29, 1.82) is 5.26 Å². The van der Waals surface area contributed by atoms with Crippen molar-refractivity contribution < 1.29 is 31.4 Å². The number of hydrogen-bond donors (Lipinski definition) is 1. The van der Waals surface area contributed by atoms with Crippen molar-refractivity contribution in [3.05, 3.63) is 62.6 Å². The summed E-state index contributed by atoms with van der Waals surface area (Å²) in [6.45, 7) is 3.61. The molecule has 0 amide bonds. The molecule has 0 radical (unpaired) electrons. The van der Waals surface area contributed by atoms with Crippen LogP contribution in [-0.4, -0.2) is 23.9 Å². The first-order valence-corrected chi connectivity index (χ1v) is 9.27. The van der Waals surface area contributed by atoms with Gasteiger partial charge in [0.25, 0.3) is 0 Å². The van der Waals surface area contributed by atoms with Crippen molar-refractivity contribution >= 4 is 0 Å². The molecule has 1 saturated heterocycles. The van der Waals surface area contributed by atoms with Crippen molar-refractivity contribution in [3.63, 3.8) is 0 Å². The maximum Gasteiger partial charge on any atom is 0.417 e. The third kappa shape index (κ3) is 3.47. The largest absolute Gasteiger partial charge is 0.493 e. The van der Waals surface area contributed by atoms with Crippen LogP contribution in [-0.2, 0) is 4.74 Å². The lowest BCUT2D eigenvalue weighted by Crippen LogP contribution is -2.46. The Hall–Kier alpha value is -2.93. The summed E-state index contributed by atoms with van der Waals surface area (Å²) in [5, 5.41) is 9.46. The molecule has 1 fully saturated rings. The molecule has 0 spiro atoms. The van der Waals surface area contributed by atoms with Gasteiger partial charge in [0.1, 0.15) is 17.7 Å². The number of aryl methyl sites for hydroxylation is 1. The molecular weight excluding hydrogens is 423 g/mol. The number of H-pyrrole nitrogens is 1. The molecule has 0 bridgehead atoms. The summed E-state index contributed by atoms with van der Waals surface area (Å²) in [5.74, 6) is -5.69. The molecule has 1 N–H and O–H groups in total. The molecule has 1 aliphatic heterocycles. The van der Waals surface area contributed by atoms with Gasteiger partial charge in [-0.15, -0.1) is 0 Å². The van der Waals surface area contributed by atoms with E-state index in [-0.39, 0.29) is 11.3 Å². The lowest BCUT2D eigenvalue weighted by molar-refractivity contribution is -0.275. The van der Waals surface area contributed by atoms with E-state index in [2.05, 4.69) is 4.98 Å². The minimum absolute atomic E-state index is 0.0712. The van der Waals surface area contributed by atoms with E-state index >= 15 is 0 Å². The molecule has 1 aliphatic rings. The number of nitriles is 1. The van der Waals surface area contributed by atoms with Gasteiger partial charge in [0.05, 0.1) is 12.8 Å². The van der Waals surface area contributed by atoms with Crippen LogP contribution in [0.2, 0.25) is 0 Å². The summed E-state index contributed by atoms with van der Waals surface area (Å²) in [5.41, 5.74) is -3.75. The van der Waals surface area contributed by atoms with Crippen LogP contribution in [0.15, 0.2) is 23.0 Å². The third-order valence-corrected chi connectivity index (χ3v) is 5.90. The van der Waals surface area contributed by atoms with E-state index in [4.69, 9.17) is 9.47 Å². The maximum absolute atomic E-state index is 14.4.